The number of allylic oxidation sites excluding steroid dienone is 8. The van der Waals surface area contributed by atoms with Gasteiger partial charge in [0.2, 0.25) is 0 Å². The molecule has 69 heavy (non-hydrogen) atoms. The van der Waals surface area contributed by atoms with Gasteiger partial charge in [-0.2, -0.15) is 0 Å². The Labute approximate surface area is 405 Å². The summed E-state index contributed by atoms with van der Waals surface area (Å²) in [7, 11) is 0. The van der Waals surface area contributed by atoms with Crippen molar-refractivity contribution < 1.29 is 4.42 Å². The number of thiophene rings is 1. The molecule has 0 saturated heterocycles. The van der Waals surface area contributed by atoms with Crippen molar-refractivity contribution in [2.75, 3.05) is 0 Å². The van der Waals surface area contributed by atoms with E-state index in [2.05, 4.69) is 213 Å². The van der Waals surface area contributed by atoms with Crippen molar-refractivity contribution >= 4 is 65.3 Å². The lowest BCUT2D eigenvalue weighted by Gasteiger charge is -2.29. The second-order valence-electron chi connectivity index (χ2n) is 18.3. The van der Waals surface area contributed by atoms with Gasteiger partial charge in [-0.3, -0.25) is 0 Å². The van der Waals surface area contributed by atoms with Crippen LogP contribution in [0.3, 0.4) is 0 Å². The number of hydrogen-bond acceptors (Lipinski definition) is 5. The van der Waals surface area contributed by atoms with Gasteiger partial charge < -0.3 is 4.42 Å². The third-order valence-corrected chi connectivity index (χ3v) is 15.0. The van der Waals surface area contributed by atoms with Crippen molar-refractivity contribution in [2.24, 2.45) is 11.8 Å². The predicted molar refractivity (Wildman–Crippen MR) is 289 cm³/mol. The van der Waals surface area contributed by atoms with Crippen LogP contribution in [0.1, 0.15) is 30.9 Å². The highest BCUT2D eigenvalue weighted by molar-refractivity contribution is 7.17. The highest BCUT2D eigenvalue weighted by atomic mass is 32.1. The average molecular weight is 904 g/mol. The summed E-state index contributed by atoms with van der Waals surface area (Å²) in [6, 6.07) is 64.3. The SMILES string of the molecule is C[C@@H]1CC=CC(c2csc3ccccc23)=C1C1C=C(c2cccc(-c3nc(-c4ccc5ccccc5c4)nc(-c4cccc5oc6ccc(-c7ccc(-c8ccccc8)cc7)cc6c45)n3)c2)C=CC1. The molecule has 2 aliphatic rings. The van der Waals surface area contributed by atoms with Gasteiger partial charge in [-0.1, -0.05) is 188 Å². The fourth-order valence-electron chi connectivity index (χ4n) is 10.6. The molecule has 4 nitrogen and oxygen atoms in total. The predicted octanol–water partition coefficient (Wildman–Crippen LogP) is 17.5. The van der Waals surface area contributed by atoms with Gasteiger partial charge in [-0.25, -0.2) is 15.0 Å². The van der Waals surface area contributed by atoms with Gasteiger partial charge in [-0.15, -0.1) is 11.3 Å². The molecule has 328 valence electrons. The quantitative estimate of drug-likeness (QED) is 0.152. The van der Waals surface area contributed by atoms with Crippen LogP contribution in [-0.4, -0.2) is 15.0 Å². The van der Waals surface area contributed by atoms with E-state index in [1.54, 1.807) is 0 Å². The lowest BCUT2D eigenvalue weighted by Crippen LogP contribution is -2.15. The molecule has 2 aliphatic carbocycles. The van der Waals surface area contributed by atoms with E-state index in [0.29, 0.717) is 23.4 Å². The highest BCUT2D eigenvalue weighted by Crippen LogP contribution is 2.44. The molecule has 0 spiro atoms. The van der Waals surface area contributed by atoms with E-state index >= 15 is 0 Å². The molecule has 8 aromatic carbocycles. The molecule has 3 aromatic heterocycles. The number of aromatic nitrogens is 3. The zero-order chi connectivity index (χ0) is 45.8. The van der Waals surface area contributed by atoms with Gasteiger partial charge in [-0.05, 0) is 110 Å². The standard InChI is InChI=1S/C64H45N3OS/c1-40-13-9-23-53(56-39-69-59-26-8-7-22-52(56)59)60(40)49-20-10-18-46(35-49)47-19-11-21-50(37-47)62-65-63(51-32-31-42-16-5-6-17-45(42)36-51)67-64(66-62)54-24-12-25-58-61(54)55-38-48(33-34-57(55)68-58)44-29-27-43(28-30-44)41-14-3-2-4-15-41/h2-12,14-19,21-40,49H,13,20H2,1H3/t40-,49?/m1/s1. The Bertz CT molecular complexity index is 3920. The smallest absolute Gasteiger partial charge is 0.164 e. The van der Waals surface area contributed by atoms with E-state index in [4.69, 9.17) is 19.4 Å². The number of rotatable bonds is 8. The number of hydrogen-bond donors (Lipinski definition) is 0. The fourth-order valence-corrected chi connectivity index (χ4v) is 11.5. The molecular weight excluding hydrogens is 859 g/mol. The summed E-state index contributed by atoms with van der Waals surface area (Å²) in [5.41, 5.74) is 15.6. The van der Waals surface area contributed by atoms with Crippen molar-refractivity contribution in [2.45, 2.75) is 19.8 Å². The summed E-state index contributed by atoms with van der Waals surface area (Å²) >= 11 is 1.84. The van der Waals surface area contributed by atoms with Crippen molar-refractivity contribution in [1.82, 2.24) is 15.0 Å². The van der Waals surface area contributed by atoms with Gasteiger partial charge >= 0.3 is 0 Å². The van der Waals surface area contributed by atoms with E-state index in [0.717, 1.165) is 73.5 Å². The highest BCUT2D eigenvalue weighted by Gasteiger charge is 2.27. The lowest BCUT2D eigenvalue weighted by atomic mass is 9.75. The molecule has 5 heteroatoms. The van der Waals surface area contributed by atoms with Crippen LogP contribution in [0.15, 0.2) is 228 Å². The molecule has 0 aliphatic heterocycles. The first-order valence-electron chi connectivity index (χ1n) is 23.8. The molecule has 0 saturated carbocycles. The molecule has 0 amide bonds. The second-order valence-corrected chi connectivity index (χ2v) is 19.2. The van der Waals surface area contributed by atoms with Gasteiger partial charge in [0.25, 0.3) is 0 Å². The van der Waals surface area contributed by atoms with Crippen molar-refractivity contribution in [3.63, 3.8) is 0 Å². The van der Waals surface area contributed by atoms with E-state index < -0.39 is 0 Å². The lowest BCUT2D eigenvalue weighted by molar-refractivity contribution is 0.593. The molecule has 0 bridgehead atoms. The Balaban J connectivity index is 0.923. The normalized spacial score (nSPS) is 16.0. The Morgan fingerprint density at radius 1 is 0.478 bits per heavy atom. The van der Waals surface area contributed by atoms with Crippen LogP contribution in [0.5, 0.6) is 0 Å². The van der Waals surface area contributed by atoms with Gasteiger partial charge in [0.05, 0.1) is 0 Å². The summed E-state index contributed by atoms with van der Waals surface area (Å²) in [6.07, 6.45) is 13.9. The molecule has 2 atom stereocenters. The van der Waals surface area contributed by atoms with Crippen molar-refractivity contribution in [1.29, 1.82) is 0 Å². The van der Waals surface area contributed by atoms with Crippen molar-refractivity contribution in [3.8, 4) is 56.4 Å². The Hall–Kier alpha value is -8.25. The van der Waals surface area contributed by atoms with E-state index in [1.165, 1.54) is 48.9 Å². The van der Waals surface area contributed by atoms with E-state index in [-0.39, 0.29) is 5.92 Å². The van der Waals surface area contributed by atoms with Gasteiger partial charge in [0, 0.05) is 49.0 Å². The van der Waals surface area contributed by atoms with Gasteiger partial charge in [0.1, 0.15) is 11.2 Å². The Morgan fingerprint density at radius 3 is 2.01 bits per heavy atom. The average Bonchev–Trinajstić information content (AvgIpc) is 4.03. The Morgan fingerprint density at radius 2 is 1.14 bits per heavy atom. The molecule has 3 heterocycles. The van der Waals surface area contributed by atoms with Crippen LogP contribution in [0.25, 0.3) is 110 Å². The minimum absolute atomic E-state index is 0.282. The maximum atomic E-state index is 6.56. The summed E-state index contributed by atoms with van der Waals surface area (Å²) in [6.45, 7) is 2.39. The van der Waals surface area contributed by atoms with Crippen LogP contribution >= 0.6 is 11.3 Å². The summed E-state index contributed by atoms with van der Waals surface area (Å²) < 4.78 is 7.89. The summed E-state index contributed by atoms with van der Waals surface area (Å²) in [5, 5.41) is 7.98. The summed E-state index contributed by atoms with van der Waals surface area (Å²) in [5.74, 6) is 2.55. The molecule has 0 N–H and O–H groups in total. The zero-order valence-corrected chi connectivity index (χ0v) is 38.8. The van der Waals surface area contributed by atoms with Crippen LogP contribution in [0.2, 0.25) is 0 Å². The van der Waals surface area contributed by atoms with Crippen LogP contribution < -0.4 is 0 Å². The molecule has 1 unspecified atom stereocenters. The van der Waals surface area contributed by atoms with Crippen LogP contribution in [-0.2, 0) is 0 Å². The first-order chi connectivity index (χ1) is 34.1. The van der Waals surface area contributed by atoms with Crippen LogP contribution in [0, 0.1) is 11.8 Å². The first-order valence-corrected chi connectivity index (χ1v) is 24.7. The minimum Gasteiger partial charge on any atom is -0.456 e. The molecule has 11 aromatic rings. The minimum atomic E-state index is 0.282. The molecule has 0 fully saturated rings. The molecular formula is C64H45N3OS. The van der Waals surface area contributed by atoms with E-state index in [1.807, 2.05) is 23.5 Å². The second kappa shape index (κ2) is 17.1. The monoisotopic (exact) mass is 903 g/mol. The number of benzene rings is 8. The molecule has 0 radical (unpaired) electrons. The van der Waals surface area contributed by atoms with Gasteiger partial charge in [0.15, 0.2) is 17.5 Å². The third-order valence-electron chi connectivity index (χ3n) is 14.0. The maximum Gasteiger partial charge on any atom is 0.164 e. The number of furan rings is 1. The molecule has 13 rings (SSSR count). The third kappa shape index (κ3) is 7.52. The first kappa shape index (κ1) is 41.0. The topological polar surface area (TPSA) is 51.8 Å². The van der Waals surface area contributed by atoms with Crippen LogP contribution in [0.4, 0.5) is 0 Å². The fraction of sp³-hybridized carbons (Fsp3) is 0.0781. The number of fused-ring (bicyclic) bond motifs is 5. The maximum absolute atomic E-state index is 6.56. The van der Waals surface area contributed by atoms with Crippen molar-refractivity contribution in [3.05, 3.63) is 234 Å². The number of nitrogens with zero attached hydrogens (tertiary/aromatic N) is 3. The Kier molecular flexibility index (Phi) is 10.2. The zero-order valence-electron chi connectivity index (χ0n) is 38.0. The summed E-state index contributed by atoms with van der Waals surface area (Å²) in [4.78, 5) is 15.9. The van der Waals surface area contributed by atoms with E-state index in [9.17, 15) is 0 Å². The largest absolute Gasteiger partial charge is 0.456 e.